The highest BCUT2D eigenvalue weighted by molar-refractivity contribution is 7.92. The van der Waals surface area contributed by atoms with Gasteiger partial charge in [-0.3, -0.25) is 14.0 Å². The zero-order valence-corrected chi connectivity index (χ0v) is 12.9. The van der Waals surface area contributed by atoms with Gasteiger partial charge in [-0.25, -0.2) is 8.42 Å². The summed E-state index contributed by atoms with van der Waals surface area (Å²) < 4.78 is 28.3. The number of hydrogen-bond donors (Lipinski definition) is 0. The lowest BCUT2D eigenvalue weighted by molar-refractivity contribution is 0.584. The molecule has 0 aliphatic heterocycles. The molecule has 0 aliphatic carbocycles. The van der Waals surface area contributed by atoms with Crippen LogP contribution in [0.2, 0.25) is 5.02 Å². The molecule has 2 aromatic rings. The topological polar surface area (TPSA) is 68.1 Å². The fourth-order valence-electron chi connectivity index (χ4n) is 1.88. The third kappa shape index (κ3) is 2.78. The van der Waals surface area contributed by atoms with Crippen LogP contribution in [0.5, 0.6) is 0 Å². The quantitative estimate of drug-likeness (QED) is 0.866. The number of anilines is 1. The summed E-state index contributed by atoms with van der Waals surface area (Å²) >= 11 is 5.82. The average Bonchev–Trinajstić information content (AvgIpc) is 2.74. The van der Waals surface area contributed by atoms with Gasteiger partial charge in [0.2, 0.25) is 0 Å². The van der Waals surface area contributed by atoms with E-state index in [1.165, 1.54) is 29.0 Å². The van der Waals surface area contributed by atoms with E-state index in [1.54, 1.807) is 31.8 Å². The van der Waals surface area contributed by atoms with Gasteiger partial charge in [0.15, 0.2) is 0 Å². The predicted molar refractivity (Wildman–Crippen MR) is 77.3 cm³/mol. The molecular formula is C12H15ClN4O2S. The molecule has 0 radical (unpaired) electrons. The Kier molecular flexibility index (Phi) is 4.01. The first kappa shape index (κ1) is 14.8. The maximum absolute atomic E-state index is 12.7. The number of halogens is 1. The Labute approximate surface area is 123 Å². The van der Waals surface area contributed by atoms with Gasteiger partial charge in [0.1, 0.15) is 4.90 Å². The van der Waals surface area contributed by atoms with E-state index < -0.39 is 10.0 Å². The largest absolute Gasteiger partial charge is 0.274 e. The van der Waals surface area contributed by atoms with Crippen molar-refractivity contribution >= 4 is 27.3 Å². The van der Waals surface area contributed by atoms with E-state index in [0.717, 1.165) is 0 Å². The summed E-state index contributed by atoms with van der Waals surface area (Å²) in [6, 6.07) is 1.12. The summed E-state index contributed by atoms with van der Waals surface area (Å²) in [6.07, 6.45) is 5.84. The molecule has 2 heterocycles. The highest BCUT2D eigenvalue weighted by Crippen LogP contribution is 2.26. The van der Waals surface area contributed by atoms with Crippen LogP contribution >= 0.6 is 11.6 Å². The lowest BCUT2D eigenvalue weighted by atomic mass is 10.4. The number of hydrogen-bond acceptors (Lipinski definition) is 4. The van der Waals surface area contributed by atoms with Crippen LogP contribution in [0, 0.1) is 0 Å². The minimum atomic E-state index is -3.73. The van der Waals surface area contributed by atoms with E-state index in [0.29, 0.717) is 5.69 Å². The van der Waals surface area contributed by atoms with Crippen LogP contribution in [-0.2, 0) is 17.1 Å². The Morgan fingerprint density at radius 1 is 1.30 bits per heavy atom. The van der Waals surface area contributed by atoms with Gasteiger partial charge in [0.25, 0.3) is 10.0 Å². The maximum Gasteiger partial charge on any atom is 0.266 e. The average molecular weight is 315 g/mol. The fourth-order valence-corrected chi connectivity index (χ4v) is 3.75. The normalized spacial score (nSPS) is 11.8. The molecule has 0 fully saturated rings. The minimum Gasteiger partial charge on any atom is -0.274 e. The van der Waals surface area contributed by atoms with Gasteiger partial charge in [-0.2, -0.15) is 5.10 Å². The molecule has 0 saturated carbocycles. The van der Waals surface area contributed by atoms with E-state index in [2.05, 4.69) is 10.1 Å². The van der Waals surface area contributed by atoms with Crippen LogP contribution < -0.4 is 4.31 Å². The predicted octanol–water partition coefficient (Wildman–Crippen LogP) is 2.07. The summed E-state index contributed by atoms with van der Waals surface area (Å²) in [5, 5.41) is 4.29. The van der Waals surface area contributed by atoms with Crippen LogP contribution in [0.25, 0.3) is 0 Å². The minimum absolute atomic E-state index is 0.0579. The van der Waals surface area contributed by atoms with Crippen molar-refractivity contribution in [1.29, 1.82) is 0 Å². The van der Waals surface area contributed by atoms with Crippen molar-refractivity contribution in [2.45, 2.75) is 24.8 Å². The smallest absolute Gasteiger partial charge is 0.266 e. The molecule has 8 heteroatoms. The van der Waals surface area contributed by atoms with E-state index >= 15 is 0 Å². The Hall–Kier alpha value is -1.60. The van der Waals surface area contributed by atoms with E-state index in [-0.39, 0.29) is 16.0 Å². The first-order chi connectivity index (χ1) is 9.32. The number of aryl methyl sites for hydroxylation is 1. The van der Waals surface area contributed by atoms with E-state index in [1.807, 2.05) is 0 Å². The summed E-state index contributed by atoms with van der Waals surface area (Å²) in [5.41, 5.74) is 0.502. The van der Waals surface area contributed by atoms with Crippen LogP contribution in [0.1, 0.15) is 13.8 Å². The summed E-state index contributed by atoms with van der Waals surface area (Å²) in [4.78, 5) is 3.89. The molecule has 108 valence electrons. The second-order valence-electron chi connectivity index (χ2n) is 4.61. The first-order valence-corrected chi connectivity index (χ1v) is 7.78. The van der Waals surface area contributed by atoms with Crippen LogP contribution in [0.3, 0.4) is 0 Å². The van der Waals surface area contributed by atoms with Crippen molar-refractivity contribution in [2.75, 3.05) is 4.31 Å². The highest BCUT2D eigenvalue weighted by atomic mass is 35.5. The summed E-state index contributed by atoms with van der Waals surface area (Å²) in [7, 11) is -2.00. The molecule has 0 atom stereocenters. The Bertz CT molecular complexity index is 712. The molecule has 0 aliphatic rings. The lowest BCUT2D eigenvalue weighted by Crippen LogP contribution is -2.36. The van der Waals surface area contributed by atoms with Crippen LogP contribution in [0.4, 0.5) is 5.69 Å². The van der Waals surface area contributed by atoms with Gasteiger partial charge in [0, 0.05) is 31.7 Å². The standard InChI is InChI=1S/C12H15ClN4O2S/c1-9(2)17(11-6-15-16(3)8-11)20(18,19)12-4-10(13)5-14-7-12/h4-9H,1-3H3. The molecule has 0 saturated heterocycles. The van der Waals surface area contributed by atoms with Gasteiger partial charge in [-0.1, -0.05) is 11.6 Å². The van der Waals surface area contributed by atoms with Crippen molar-refractivity contribution in [1.82, 2.24) is 14.8 Å². The Morgan fingerprint density at radius 2 is 2.00 bits per heavy atom. The monoisotopic (exact) mass is 314 g/mol. The number of pyridine rings is 1. The molecule has 0 N–H and O–H groups in total. The van der Waals surface area contributed by atoms with Crippen molar-refractivity contribution < 1.29 is 8.42 Å². The summed E-state index contributed by atoms with van der Waals surface area (Å²) in [5.74, 6) is 0. The molecule has 0 unspecified atom stereocenters. The van der Waals surface area contributed by atoms with Gasteiger partial charge in [-0.05, 0) is 19.9 Å². The molecule has 2 aromatic heterocycles. The molecule has 0 bridgehead atoms. The number of rotatable bonds is 4. The van der Waals surface area contributed by atoms with Crippen molar-refractivity contribution in [3.63, 3.8) is 0 Å². The van der Waals surface area contributed by atoms with Gasteiger partial charge in [0.05, 0.1) is 16.9 Å². The molecule has 0 amide bonds. The molecule has 20 heavy (non-hydrogen) atoms. The van der Waals surface area contributed by atoms with Crippen molar-refractivity contribution in [3.8, 4) is 0 Å². The second-order valence-corrected chi connectivity index (χ2v) is 6.86. The lowest BCUT2D eigenvalue weighted by Gasteiger charge is -2.26. The zero-order chi connectivity index (χ0) is 14.9. The SMILES string of the molecule is CC(C)N(c1cnn(C)c1)S(=O)(=O)c1cncc(Cl)c1. The number of nitrogens with zero attached hydrogens (tertiary/aromatic N) is 4. The van der Waals surface area contributed by atoms with Gasteiger partial charge >= 0.3 is 0 Å². The molecule has 6 nitrogen and oxygen atoms in total. The van der Waals surface area contributed by atoms with Crippen LogP contribution in [0.15, 0.2) is 35.7 Å². The van der Waals surface area contributed by atoms with Crippen molar-refractivity contribution in [3.05, 3.63) is 35.9 Å². The van der Waals surface area contributed by atoms with Crippen molar-refractivity contribution in [2.24, 2.45) is 7.05 Å². The molecular weight excluding hydrogens is 300 g/mol. The van der Waals surface area contributed by atoms with E-state index in [4.69, 9.17) is 11.6 Å². The van der Waals surface area contributed by atoms with Gasteiger partial charge in [-0.15, -0.1) is 0 Å². The van der Waals surface area contributed by atoms with Crippen LogP contribution in [-0.4, -0.2) is 29.2 Å². The fraction of sp³-hybridized carbons (Fsp3) is 0.333. The first-order valence-electron chi connectivity index (χ1n) is 5.96. The third-order valence-electron chi connectivity index (χ3n) is 2.65. The zero-order valence-electron chi connectivity index (χ0n) is 11.4. The second kappa shape index (κ2) is 5.41. The number of aromatic nitrogens is 3. The Balaban J connectivity index is 2.54. The molecule has 2 rings (SSSR count). The highest BCUT2D eigenvalue weighted by Gasteiger charge is 2.28. The summed E-state index contributed by atoms with van der Waals surface area (Å²) in [6.45, 7) is 3.59. The van der Waals surface area contributed by atoms with E-state index in [9.17, 15) is 8.42 Å². The molecule has 0 spiro atoms. The third-order valence-corrected chi connectivity index (χ3v) is 4.83. The number of sulfonamides is 1. The van der Waals surface area contributed by atoms with Gasteiger partial charge < -0.3 is 0 Å². The maximum atomic E-state index is 12.7. The molecule has 0 aromatic carbocycles. The Morgan fingerprint density at radius 3 is 2.50 bits per heavy atom.